The maximum atomic E-state index is 12.7. The van der Waals surface area contributed by atoms with Crippen LogP contribution >= 0.6 is 0 Å². The van der Waals surface area contributed by atoms with Crippen molar-refractivity contribution in [1.82, 2.24) is 10.6 Å². The molecule has 0 unspecified atom stereocenters. The highest BCUT2D eigenvalue weighted by atomic mass is 16.5. The molecule has 0 spiro atoms. The second-order valence-electron chi connectivity index (χ2n) is 6.83. The van der Waals surface area contributed by atoms with Crippen LogP contribution in [0, 0.1) is 5.92 Å². The van der Waals surface area contributed by atoms with E-state index in [4.69, 9.17) is 14.2 Å². The third kappa shape index (κ3) is 6.23. The van der Waals surface area contributed by atoms with Crippen LogP contribution in [0.4, 0.5) is 4.79 Å². The van der Waals surface area contributed by atoms with E-state index in [1.807, 2.05) is 13.8 Å². The van der Waals surface area contributed by atoms with Gasteiger partial charge < -0.3 is 19.5 Å². The number of ether oxygens (including phenoxy) is 3. The number of rotatable bonds is 8. The van der Waals surface area contributed by atoms with Crippen LogP contribution < -0.4 is 20.1 Å². The van der Waals surface area contributed by atoms with E-state index in [0.717, 1.165) is 0 Å². The molecule has 0 aliphatic heterocycles. The summed E-state index contributed by atoms with van der Waals surface area (Å²) >= 11 is 0. The Kier molecular flexibility index (Phi) is 8.22. The van der Waals surface area contributed by atoms with Crippen LogP contribution in [0.5, 0.6) is 11.5 Å². The molecule has 30 heavy (non-hydrogen) atoms. The fourth-order valence-electron chi connectivity index (χ4n) is 2.49. The number of imide groups is 1. The van der Waals surface area contributed by atoms with Gasteiger partial charge in [-0.15, -0.1) is 0 Å². The van der Waals surface area contributed by atoms with Crippen molar-refractivity contribution in [2.75, 3.05) is 20.8 Å². The molecule has 8 heteroatoms. The Morgan fingerprint density at radius 1 is 1.00 bits per heavy atom. The molecule has 0 aliphatic carbocycles. The summed E-state index contributed by atoms with van der Waals surface area (Å²) in [6, 6.07) is 12.3. The minimum absolute atomic E-state index is 0.178. The summed E-state index contributed by atoms with van der Waals surface area (Å²) in [6.45, 7) is 4.54. The maximum absolute atomic E-state index is 12.7. The van der Waals surface area contributed by atoms with Gasteiger partial charge >= 0.3 is 12.0 Å². The summed E-state index contributed by atoms with van der Waals surface area (Å²) in [4.78, 5) is 36.8. The van der Waals surface area contributed by atoms with Crippen LogP contribution in [0.25, 0.3) is 0 Å². The molecule has 8 nitrogen and oxygen atoms in total. The average Bonchev–Trinajstić information content (AvgIpc) is 2.75. The van der Waals surface area contributed by atoms with E-state index in [-0.39, 0.29) is 5.56 Å². The Hall–Kier alpha value is -3.55. The molecular formula is C22H26N2O6. The van der Waals surface area contributed by atoms with Crippen molar-refractivity contribution in [2.24, 2.45) is 5.92 Å². The van der Waals surface area contributed by atoms with Gasteiger partial charge in [0.25, 0.3) is 5.91 Å². The van der Waals surface area contributed by atoms with E-state index in [2.05, 4.69) is 10.6 Å². The second kappa shape index (κ2) is 10.8. The molecule has 1 atom stereocenters. The number of methoxy groups -OCH3 is 1. The molecule has 0 radical (unpaired) electrons. The summed E-state index contributed by atoms with van der Waals surface area (Å²) < 4.78 is 16.4. The van der Waals surface area contributed by atoms with Gasteiger partial charge in [0.05, 0.1) is 19.3 Å². The number of benzene rings is 2. The predicted molar refractivity (Wildman–Crippen MR) is 111 cm³/mol. The number of nitrogens with one attached hydrogen (secondary N) is 2. The third-order valence-corrected chi connectivity index (χ3v) is 4.00. The minimum atomic E-state index is -1.31. The van der Waals surface area contributed by atoms with Crippen LogP contribution in [0.1, 0.15) is 35.9 Å². The van der Waals surface area contributed by atoms with Gasteiger partial charge in [-0.1, -0.05) is 44.2 Å². The highest BCUT2D eigenvalue weighted by Crippen LogP contribution is 2.29. The lowest BCUT2D eigenvalue weighted by molar-refractivity contribution is -0.129. The summed E-state index contributed by atoms with van der Waals surface area (Å²) in [7, 11) is 2.84. The lowest BCUT2D eigenvalue weighted by atomic mass is 10.1. The third-order valence-electron chi connectivity index (χ3n) is 4.00. The molecule has 2 aromatic carbocycles. The van der Waals surface area contributed by atoms with Gasteiger partial charge in [0, 0.05) is 12.6 Å². The fraction of sp³-hybridized carbons (Fsp3) is 0.318. The van der Waals surface area contributed by atoms with Crippen LogP contribution in [0.2, 0.25) is 0 Å². The van der Waals surface area contributed by atoms with E-state index in [0.29, 0.717) is 29.6 Å². The SMILES string of the molecule is CNC(=O)NC(=O)[C@H](OC(=O)c1ccc(OCC(C)C)c(OC)c1)c1ccccc1. The van der Waals surface area contributed by atoms with Gasteiger partial charge in [-0.25, -0.2) is 9.59 Å². The number of hydrogen-bond acceptors (Lipinski definition) is 6. The molecule has 2 rings (SSSR count). The largest absolute Gasteiger partial charge is 0.493 e. The highest BCUT2D eigenvalue weighted by Gasteiger charge is 2.27. The molecule has 0 aromatic heterocycles. The first kappa shape index (κ1) is 22.7. The monoisotopic (exact) mass is 414 g/mol. The van der Waals surface area contributed by atoms with Gasteiger partial charge in [-0.3, -0.25) is 10.1 Å². The average molecular weight is 414 g/mol. The number of esters is 1. The Labute approximate surface area is 175 Å². The number of hydrogen-bond donors (Lipinski definition) is 2. The lowest BCUT2D eigenvalue weighted by Gasteiger charge is -2.18. The van der Waals surface area contributed by atoms with Crippen molar-refractivity contribution in [3.8, 4) is 11.5 Å². The van der Waals surface area contributed by atoms with Crippen molar-refractivity contribution in [3.63, 3.8) is 0 Å². The summed E-state index contributed by atoms with van der Waals surface area (Å²) in [5, 5.41) is 4.42. The molecule has 160 valence electrons. The van der Waals surface area contributed by atoms with Crippen molar-refractivity contribution in [2.45, 2.75) is 20.0 Å². The molecular weight excluding hydrogens is 388 g/mol. The Morgan fingerprint density at radius 2 is 1.70 bits per heavy atom. The molecule has 2 aromatic rings. The van der Waals surface area contributed by atoms with Crippen molar-refractivity contribution < 1.29 is 28.6 Å². The highest BCUT2D eigenvalue weighted by molar-refractivity contribution is 5.99. The summed E-state index contributed by atoms with van der Waals surface area (Å²) in [5.41, 5.74) is 0.605. The summed E-state index contributed by atoms with van der Waals surface area (Å²) in [6.07, 6.45) is -1.31. The Balaban J connectivity index is 2.24. The first-order chi connectivity index (χ1) is 14.3. The first-order valence-corrected chi connectivity index (χ1v) is 9.45. The normalized spacial score (nSPS) is 11.4. The van der Waals surface area contributed by atoms with Crippen LogP contribution in [-0.4, -0.2) is 38.7 Å². The molecule has 0 fully saturated rings. The van der Waals surface area contributed by atoms with E-state index >= 15 is 0 Å². The molecule has 0 bridgehead atoms. The molecule has 0 aliphatic rings. The van der Waals surface area contributed by atoms with Gasteiger partial charge in [0.15, 0.2) is 11.5 Å². The number of carbonyl (C=O) groups excluding carboxylic acids is 3. The van der Waals surface area contributed by atoms with Gasteiger partial charge in [0.1, 0.15) is 0 Å². The zero-order chi connectivity index (χ0) is 22.1. The lowest BCUT2D eigenvalue weighted by Crippen LogP contribution is -2.41. The number of amides is 3. The standard InChI is InChI=1S/C22H26N2O6/c1-14(2)13-29-17-11-10-16(12-18(17)28-4)21(26)30-19(15-8-6-5-7-9-15)20(25)24-22(27)23-3/h5-12,14,19H,13H2,1-4H3,(H2,23,24,25,27)/t19-/m1/s1. The smallest absolute Gasteiger partial charge is 0.339 e. The predicted octanol–water partition coefficient (Wildman–Crippen LogP) is 3.08. The summed E-state index contributed by atoms with van der Waals surface area (Å²) in [5.74, 6) is -0.317. The molecule has 0 saturated carbocycles. The quantitative estimate of drug-likeness (QED) is 0.644. The van der Waals surface area contributed by atoms with Crippen LogP contribution in [0.15, 0.2) is 48.5 Å². The zero-order valence-corrected chi connectivity index (χ0v) is 17.4. The molecule has 0 saturated heterocycles. The number of carbonyl (C=O) groups is 3. The molecule has 2 N–H and O–H groups in total. The van der Waals surface area contributed by atoms with Gasteiger partial charge in [-0.05, 0) is 24.1 Å². The Morgan fingerprint density at radius 3 is 2.30 bits per heavy atom. The minimum Gasteiger partial charge on any atom is -0.493 e. The van der Waals surface area contributed by atoms with Crippen molar-refractivity contribution in [3.05, 3.63) is 59.7 Å². The Bertz CT molecular complexity index is 882. The number of urea groups is 1. The topological polar surface area (TPSA) is 103 Å². The van der Waals surface area contributed by atoms with Gasteiger partial charge in [-0.2, -0.15) is 0 Å². The molecule has 0 heterocycles. The van der Waals surface area contributed by atoms with E-state index < -0.39 is 24.0 Å². The zero-order valence-electron chi connectivity index (χ0n) is 17.4. The first-order valence-electron chi connectivity index (χ1n) is 9.45. The van der Waals surface area contributed by atoms with Crippen molar-refractivity contribution in [1.29, 1.82) is 0 Å². The maximum Gasteiger partial charge on any atom is 0.339 e. The van der Waals surface area contributed by atoms with Crippen molar-refractivity contribution >= 4 is 17.9 Å². The van der Waals surface area contributed by atoms with E-state index in [9.17, 15) is 14.4 Å². The van der Waals surface area contributed by atoms with E-state index in [1.165, 1.54) is 26.3 Å². The van der Waals surface area contributed by atoms with Crippen LogP contribution in [0.3, 0.4) is 0 Å². The second-order valence-corrected chi connectivity index (χ2v) is 6.83. The molecule has 3 amide bonds. The van der Waals surface area contributed by atoms with Crippen LogP contribution in [-0.2, 0) is 9.53 Å². The van der Waals surface area contributed by atoms with E-state index in [1.54, 1.807) is 36.4 Å². The fourth-order valence-corrected chi connectivity index (χ4v) is 2.49. The van der Waals surface area contributed by atoms with Gasteiger partial charge in [0.2, 0.25) is 6.10 Å².